The first-order valence-corrected chi connectivity index (χ1v) is 5.05. The second kappa shape index (κ2) is 4.76. The van der Waals surface area contributed by atoms with E-state index in [0.717, 1.165) is 6.04 Å². The number of hydrogen-bond donors (Lipinski definition) is 0. The molecule has 1 aliphatic rings. The van der Waals surface area contributed by atoms with Gasteiger partial charge in [0.05, 0.1) is 0 Å². The van der Waals surface area contributed by atoms with Crippen LogP contribution in [0.2, 0.25) is 0 Å². The first-order valence-electron chi connectivity index (χ1n) is 5.05. The van der Waals surface area contributed by atoms with Crippen LogP contribution in [0.4, 0.5) is 0 Å². The second-order valence-corrected chi connectivity index (χ2v) is 3.77. The molecule has 0 saturated heterocycles. The van der Waals surface area contributed by atoms with Crippen molar-refractivity contribution in [3.63, 3.8) is 0 Å². The molecule has 0 radical (unpaired) electrons. The number of nitrogens with zero attached hydrogens (tertiary/aromatic N) is 1. The largest absolute Gasteiger partial charge is 0.303 e. The van der Waals surface area contributed by atoms with Crippen molar-refractivity contribution in [1.82, 2.24) is 4.90 Å². The second-order valence-electron chi connectivity index (χ2n) is 3.77. The molecule has 0 bridgehead atoms. The summed E-state index contributed by atoms with van der Waals surface area (Å²) in [5.74, 6) is 0. The fraction of sp³-hybridized carbons (Fsp3) is 1.00. The van der Waals surface area contributed by atoms with Gasteiger partial charge in [0.15, 0.2) is 0 Å². The smallest absolute Gasteiger partial charge is 0.00933 e. The third-order valence-electron chi connectivity index (χ3n) is 2.53. The summed E-state index contributed by atoms with van der Waals surface area (Å²) >= 11 is 0. The molecule has 0 aromatic rings. The first-order chi connectivity index (χ1) is 5.34. The average Bonchev–Trinajstić information content (AvgIpc) is 2.79. The van der Waals surface area contributed by atoms with Crippen LogP contribution in [0, 0.1) is 0 Å². The van der Waals surface area contributed by atoms with Gasteiger partial charge in [-0.3, -0.25) is 0 Å². The minimum absolute atomic E-state index is 0.955. The van der Waals surface area contributed by atoms with E-state index in [-0.39, 0.29) is 0 Å². The summed E-state index contributed by atoms with van der Waals surface area (Å²) in [4.78, 5) is 2.52. The molecule has 0 spiro atoms. The summed E-state index contributed by atoms with van der Waals surface area (Å²) in [5.41, 5.74) is 0. The molecule has 11 heavy (non-hydrogen) atoms. The zero-order chi connectivity index (χ0) is 8.10. The Morgan fingerprint density at radius 3 is 2.45 bits per heavy atom. The van der Waals surface area contributed by atoms with Gasteiger partial charge in [0.1, 0.15) is 0 Å². The van der Waals surface area contributed by atoms with E-state index < -0.39 is 0 Å². The first kappa shape index (κ1) is 9.05. The van der Waals surface area contributed by atoms with E-state index in [2.05, 4.69) is 18.9 Å². The lowest BCUT2D eigenvalue weighted by molar-refractivity contribution is 0.314. The van der Waals surface area contributed by atoms with E-state index in [1.807, 2.05) is 0 Å². The standard InChI is InChI=1S/C10H21N/c1-3-4-5-6-9-11(2)10-7-8-10/h10H,3-9H2,1-2H3. The molecule has 1 fully saturated rings. The molecular formula is C10H21N. The summed E-state index contributed by atoms with van der Waals surface area (Å²) < 4.78 is 0. The Bertz CT molecular complexity index is 97.0. The van der Waals surface area contributed by atoms with Crippen LogP contribution in [0.1, 0.15) is 45.4 Å². The molecular weight excluding hydrogens is 134 g/mol. The fourth-order valence-electron chi connectivity index (χ4n) is 1.49. The monoisotopic (exact) mass is 155 g/mol. The van der Waals surface area contributed by atoms with Crippen LogP contribution < -0.4 is 0 Å². The van der Waals surface area contributed by atoms with E-state index in [1.54, 1.807) is 0 Å². The van der Waals surface area contributed by atoms with Gasteiger partial charge >= 0.3 is 0 Å². The molecule has 1 nitrogen and oxygen atoms in total. The maximum atomic E-state index is 2.52. The molecule has 1 rings (SSSR count). The molecule has 0 amide bonds. The Hall–Kier alpha value is -0.0400. The van der Waals surface area contributed by atoms with Gasteiger partial charge in [-0.1, -0.05) is 26.2 Å². The highest BCUT2D eigenvalue weighted by Crippen LogP contribution is 2.25. The number of rotatable bonds is 6. The van der Waals surface area contributed by atoms with Crippen molar-refractivity contribution in [2.24, 2.45) is 0 Å². The Morgan fingerprint density at radius 2 is 1.91 bits per heavy atom. The highest BCUT2D eigenvalue weighted by molar-refractivity contribution is 4.81. The van der Waals surface area contributed by atoms with Gasteiger partial charge in [-0.25, -0.2) is 0 Å². The van der Waals surface area contributed by atoms with Crippen molar-refractivity contribution in [3.05, 3.63) is 0 Å². The Kier molecular flexibility index (Phi) is 3.92. The van der Waals surface area contributed by atoms with Crippen LogP contribution in [-0.2, 0) is 0 Å². The summed E-state index contributed by atoms with van der Waals surface area (Å²) in [6, 6.07) is 0.955. The Balaban J connectivity index is 1.85. The van der Waals surface area contributed by atoms with Crippen LogP contribution in [-0.4, -0.2) is 24.5 Å². The predicted octanol–water partition coefficient (Wildman–Crippen LogP) is 2.66. The molecule has 1 heteroatoms. The van der Waals surface area contributed by atoms with Crippen LogP contribution in [0.15, 0.2) is 0 Å². The molecule has 0 N–H and O–H groups in total. The number of hydrogen-bond acceptors (Lipinski definition) is 1. The normalized spacial score (nSPS) is 17.7. The zero-order valence-electron chi connectivity index (χ0n) is 7.97. The fourth-order valence-corrected chi connectivity index (χ4v) is 1.49. The SMILES string of the molecule is CCCCCCN(C)C1CC1. The predicted molar refractivity (Wildman–Crippen MR) is 49.8 cm³/mol. The van der Waals surface area contributed by atoms with Crippen LogP contribution >= 0.6 is 0 Å². The van der Waals surface area contributed by atoms with Gasteiger partial charge in [0.2, 0.25) is 0 Å². The summed E-state index contributed by atoms with van der Waals surface area (Å²) in [6.45, 7) is 3.59. The number of unbranched alkanes of at least 4 members (excludes halogenated alkanes) is 3. The summed E-state index contributed by atoms with van der Waals surface area (Å²) in [6.07, 6.45) is 8.49. The van der Waals surface area contributed by atoms with Crippen molar-refractivity contribution in [3.8, 4) is 0 Å². The quantitative estimate of drug-likeness (QED) is 0.533. The molecule has 66 valence electrons. The Labute approximate surface area is 70.8 Å². The molecule has 0 aromatic heterocycles. The van der Waals surface area contributed by atoms with Gasteiger partial charge in [0.25, 0.3) is 0 Å². The van der Waals surface area contributed by atoms with Crippen LogP contribution in [0.25, 0.3) is 0 Å². The minimum Gasteiger partial charge on any atom is -0.303 e. The van der Waals surface area contributed by atoms with Crippen molar-refractivity contribution in [1.29, 1.82) is 0 Å². The third kappa shape index (κ3) is 3.76. The third-order valence-corrected chi connectivity index (χ3v) is 2.53. The highest BCUT2D eigenvalue weighted by Gasteiger charge is 2.25. The zero-order valence-corrected chi connectivity index (χ0v) is 7.97. The van der Waals surface area contributed by atoms with E-state index >= 15 is 0 Å². The maximum Gasteiger partial charge on any atom is 0.00933 e. The van der Waals surface area contributed by atoms with Crippen molar-refractivity contribution >= 4 is 0 Å². The molecule has 0 heterocycles. The van der Waals surface area contributed by atoms with Crippen LogP contribution in [0.5, 0.6) is 0 Å². The lowest BCUT2D eigenvalue weighted by atomic mass is 10.2. The summed E-state index contributed by atoms with van der Waals surface area (Å²) in [7, 11) is 2.27. The highest BCUT2D eigenvalue weighted by atomic mass is 15.1. The lowest BCUT2D eigenvalue weighted by Gasteiger charge is -2.14. The van der Waals surface area contributed by atoms with E-state index in [4.69, 9.17) is 0 Å². The van der Waals surface area contributed by atoms with Crippen molar-refractivity contribution < 1.29 is 0 Å². The minimum atomic E-state index is 0.955. The van der Waals surface area contributed by atoms with Gasteiger partial charge in [-0.15, -0.1) is 0 Å². The lowest BCUT2D eigenvalue weighted by Crippen LogP contribution is -2.21. The van der Waals surface area contributed by atoms with Crippen molar-refractivity contribution in [2.75, 3.05) is 13.6 Å². The van der Waals surface area contributed by atoms with Gasteiger partial charge in [0, 0.05) is 6.04 Å². The van der Waals surface area contributed by atoms with E-state index in [0.29, 0.717) is 0 Å². The molecule has 1 aliphatic carbocycles. The van der Waals surface area contributed by atoms with Gasteiger partial charge in [-0.2, -0.15) is 0 Å². The maximum absolute atomic E-state index is 2.52. The molecule has 1 saturated carbocycles. The van der Waals surface area contributed by atoms with E-state index in [1.165, 1.54) is 45.1 Å². The summed E-state index contributed by atoms with van der Waals surface area (Å²) in [5, 5.41) is 0. The van der Waals surface area contributed by atoms with Crippen LogP contribution in [0.3, 0.4) is 0 Å². The topological polar surface area (TPSA) is 3.24 Å². The van der Waals surface area contributed by atoms with Crippen molar-refractivity contribution in [2.45, 2.75) is 51.5 Å². The molecule has 0 aromatic carbocycles. The molecule has 0 atom stereocenters. The Morgan fingerprint density at radius 1 is 1.18 bits per heavy atom. The van der Waals surface area contributed by atoms with Gasteiger partial charge < -0.3 is 4.90 Å². The van der Waals surface area contributed by atoms with E-state index in [9.17, 15) is 0 Å². The average molecular weight is 155 g/mol. The molecule has 0 unspecified atom stereocenters. The van der Waals surface area contributed by atoms with Gasteiger partial charge in [-0.05, 0) is 32.9 Å². The molecule has 0 aliphatic heterocycles.